The van der Waals surface area contributed by atoms with Crippen molar-refractivity contribution in [3.05, 3.63) is 23.5 Å². The fourth-order valence-electron chi connectivity index (χ4n) is 1.93. The maximum Gasteiger partial charge on any atom is 0.268 e. The van der Waals surface area contributed by atoms with Crippen molar-refractivity contribution in [2.24, 2.45) is 0 Å². The van der Waals surface area contributed by atoms with E-state index in [2.05, 4.69) is 10.3 Å². The van der Waals surface area contributed by atoms with E-state index >= 15 is 0 Å². The minimum Gasteiger partial charge on any atom is -0.357 e. The highest BCUT2D eigenvalue weighted by atomic mass is 16.2. The molecule has 0 bridgehead atoms. The van der Waals surface area contributed by atoms with E-state index in [0.29, 0.717) is 0 Å². The van der Waals surface area contributed by atoms with Gasteiger partial charge in [-0.2, -0.15) is 0 Å². The Hall–Kier alpha value is -1.25. The molecule has 1 spiro atoms. The van der Waals surface area contributed by atoms with Crippen LogP contribution in [0.25, 0.3) is 0 Å². The average Bonchev–Trinajstić information content (AvgIpc) is 2.63. The van der Waals surface area contributed by atoms with Gasteiger partial charge in [0, 0.05) is 11.7 Å². The number of hydrogen-bond donors (Lipinski definition) is 2. The lowest BCUT2D eigenvalue weighted by atomic mass is 10.00. The Balaban J connectivity index is 2.10. The van der Waals surface area contributed by atoms with Crippen LogP contribution < -0.4 is 5.32 Å². The molecule has 0 radical (unpaired) electrons. The molecule has 3 rings (SSSR count). The van der Waals surface area contributed by atoms with Crippen molar-refractivity contribution in [1.82, 2.24) is 10.3 Å². The fraction of sp³-hybridized carbons (Fsp3) is 0.444. The molecule has 3 nitrogen and oxygen atoms in total. The highest BCUT2D eigenvalue weighted by Gasteiger charge is 2.47. The molecule has 1 aromatic heterocycles. The molecule has 1 aliphatic carbocycles. The van der Waals surface area contributed by atoms with Gasteiger partial charge in [0.25, 0.3) is 5.91 Å². The first-order valence-corrected chi connectivity index (χ1v) is 4.28. The van der Waals surface area contributed by atoms with Gasteiger partial charge in [0.2, 0.25) is 0 Å². The molecule has 3 heteroatoms. The first kappa shape index (κ1) is 6.29. The second-order valence-corrected chi connectivity index (χ2v) is 3.79. The van der Waals surface area contributed by atoms with Crippen LogP contribution in [0.2, 0.25) is 0 Å². The molecule has 0 unspecified atom stereocenters. The van der Waals surface area contributed by atoms with Crippen molar-refractivity contribution in [1.29, 1.82) is 0 Å². The molecule has 1 saturated carbocycles. The molecule has 1 aliphatic heterocycles. The third kappa shape index (κ3) is 0.682. The lowest BCUT2D eigenvalue weighted by molar-refractivity contribution is 0.0914. The summed E-state index contributed by atoms with van der Waals surface area (Å²) in [5.74, 6) is 0.0683. The number of carbonyl (C=O) groups is 1. The SMILES string of the molecule is O=C1NC2(CC2)Cc2cc[nH]c21. The summed E-state index contributed by atoms with van der Waals surface area (Å²) in [5, 5.41) is 3.04. The Kier molecular flexibility index (Phi) is 0.908. The summed E-state index contributed by atoms with van der Waals surface area (Å²) < 4.78 is 0. The van der Waals surface area contributed by atoms with Gasteiger partial charge >= 0.3 is 0 Å². The summed E-state index contributed by atoms with van der Waals surface area (Å²) in [4.78, 5) is 14.4. The highest BCUT2D eigenvalue weighted by molar-refractivity contribution is 5.96. The standard InChI is InChI=1S/C9H10N2O/c12-8-7-6(1-4-10-7)5-9(11-8)2-3-9/h1,4,10H,2-3,5H2,(H,11,12). The van der Waals surface area contributed by atoms with Crippen LogP contribution >= 0.6 is 0 Å². The Morgan fingerprint density at radius 3 is 3.00 bits per heavy atom. The van der Waals surface area contributed by atoms with Crippen LogP contribution in [0.5, 0.6) is 0 Å². The van der Waals surface area contributed by atoms with E-state index in [9.17, 15) is 4.79 Å². The third-order valence-electron chi connectivity index (χ3n) is 2.82. The monoisotopic (exact) mass is 162 g/mol. The van der Waals surface area contributed by atoms with Crippen molar-refractivity contribution >= 4 is 5.91 Å². The minimum absolute atomic E-state index is 0.0683. The summed E-state index contributed by atoms with van der Waals surface area (Å²) in [5.41, 5.74) is 2.08. The Bertz CT molecular complexity index is 349. The first-order valence-electron chi connectivity index (χ1n) is 4.28. The summed E-state index contributed by atoms with van der Waals surface area (Å²) in [6.07, 6.45) is 5.13. The van der Waals surface area contributed by atoms with Crippen LogP contribution in [0.15, 0.2) is 12.3 Å². The molecule has 0 aromatic carbocycles. The van der Waals surface area contributed by atoms with Crippen molar-refractivity contribution in [3.63, 3.8) is 0 Å². The van der Waals surface area contributed by atoms with Crippen LogP contribution in [0.4, 0.5) is 0 Å². The molecular formula is C9H10N2O. The molecule has 1 fully saturated rings. The molecule has 1 aromatic rings. The van der Waals surface area contributed by atoms with Crippen LogP contribution in [0.1, 0.15) is 28.9 Å². The zero-order chi connectivity index (χ0) is 8.18. The zero-order valence-electron chi connectivity index (χ0n) is 6.68. The van der Waals surface area contributed by atoms with E-state index in [1.807, 2.05) is 12.3 Å². The number of fused-ring (bicyclic) bond motifs is 1. The predicted molar refractivity (Wildman–Crippen MR) is 43.9 cm³/mol. The summed E-state index contributed by atoms with van der Waals surface area (Å²) in [7, 11) is 0. The number of H-pyrrole nitrogens is 1. The van der Waals surface area contributed by atoms with Crippen LogP contribution in [0, 0.1) is 0 Å². The van der Waals surface area contributed by atoms with Gasteiger partial charge in [-0.3, -0.25) is 4.79 Å². The van der Waals surface area contributed by atoms with Crippen LogP contribution in [-0.4, -0.2) is 16.4 Å². The number of aromatic amines is 1. The lowest BCUT2D eigenvalue weighted by Crippen LogP contribution is -2.43. The third-order valence-corrected chi connectivity index (χ3v) is 2.82. The molecular weight excluding hydrogens is 152 g/mol. The quantitative estimate of drug-likeness (QED) is 0.583. The molecule has 2 N–H and O–H groups in total. The second kappa shape index (κ2) is 1.73. The summed E-state index contributed by atoms with van der Waals surface area (Å²) >= 11 is 0. The Labute approximate surface area is 70.2 Å². The van der Waals surface area contributed by atoms with E-state index in [4.69, 9.17) is 0 Å². The number of amides is 1. The Morgan fingerprint density at radius 2 is 2.25 bits per heavy atom. The fourth-order valence-corrected chi connectivity index (χ4v) is 1.93. The molecule has 0 atom stereocenters. The molecule has 0 saturated heterocycles. The smallest absolute Gasteiger partial charge is 0.268 e. The predicted octanol–water partition coefficient (Wildman–Crippen LogP) is 0.833. The van der Waals surface area contributed by atoms with Gasteiger partial charge < -0.3 is 10.3 Å². The number of aromatic nitrogens is 1. The highest BCUT2D eigenvalue weighted by Crippen LogP contribution is 2.41. The van der Waals surface area contributed by atoms with Crippen molar-refractivity contribution in [2.75, 3.05) is 0 Å². The topological polar surface area (TPSA) is 44.9 Å². The molecule has 12 heavy (non-hydrogen) atoms. The van der Waals surface area contributed by atoms with Crippen LogP contribution in [0.3, 0.4) is 0 Å². The number of rotatable bonds is 0. The maximum absolute atomic E-state index is 11.5. The zero-order valence-corrected chi connectivity index (χ0v) is 6.68. The van der Waals surface area contributed by atoms with Gasteiger partial charge in [-0.1, -0.05) is 0 Å². The van der Waals surface area contributed by atoms with Crippen molar-refractivity contribution in [2.45, 2.75) is 24.8 Å². The average molecular weight is 162 g/mol. The van der Waals surface area contributed by atoms with Crippen molar-refractivity contribution in [3.8, 4) is 0 Å². The van der Waals surface area contributed by atoms with E-state index in [1.165, 1.54) is 5.56 Å². The molecule has 2 aliphatic rings. The van der Waals surface area contributed by atoms with E-state index in [1.54, 1.807) is 0 Å². The van der Waals surface area contributed by atoms with Gasteiger partial charge in [-0.05, 0) is 30.9 Å². The van der Waals surface area contributed by atoms with Gasteiger partial charge in [0.15, 0.2) is 0 Å². The molecule has 62 valence electrons. The van der Waals surface area contributed by atoms with E-state index < -0.39 is 0 Å². The maximum atomic E-state index is 11.5. The van der Waals surface area contributed by atoms with Crippen LogP contribution in [-0.2, 0) is 6.42 Å². The van der Waals surface area contributed by atoms with Gasteiger partial charge in [-0.25, -0.2) is 0 Å². The number of nitrogens with one attached hydrogen (secondary N) is 2. The normalized spacial score (nSPS) is 23.5. The van der Waals surface area contributed by atoms with Gasteiger partial charge in [-0.15, -0.1) is 0 Å². The number of hydrogen-bond acceptors (Lipinski definition) is 1. The lowest BCUT2D eigenvalue weighted by Gasteiger charge is -2.22. The second-order valence-electron chi connectivity index (χ2n) is 3.79. The van der Waals surface area contributed by atoms with E-state index in [-0.39, 0.29) is 11.4 Å². The summed E-state index contributed by atoms with van der Waals surface area (Å²) in [6.45, 7) is 0. The first-order chi connectivity index (χ1) is 5.79. The van der Waals surface area contributed by atoms with Gasteiger partial charge in [0.1, 0.15) is 5.69 Å². The number of carbonyl (C=O) groups excluding carboxylic acids is 1. The van der Waals surface area contributed by atoms with Crippen molar-refractivity contribution < 1.29 is 4.79 Å². The minimum atomic E-state index is 0.0683. The largest absolute Gasteiger partial charge is 0.357 e. The summed E-state index contributed by atoms with van der Waals surface area (Å²) in [6, 6.07) is 2.01. The Morgan fingerprint density at radius 1 is 1.42 bits per heavy atom. The van der Waals surface area contributed by atoms with E-state index in [0.717, 1.165) is 25.0 Å². The molecule has 1 amide bonds. The van der Waals surface area contributed by atoms with Gasteiger partial charge in [0.05, 0.1) is 0 Å². The molecule has 2 heterocycles.